The van der Waals surface area contributed by atoms with Gasteiger partial charge < -0.3 is 4.74 Å². The second kappa shape index (κ2) is 5.50. The van der Waals surface area contributed by atoms with E-state index in [-0.39, 0.29) is 0 Å². The number of halogens is 1. The van der Waals surface area contributed by atoms with Crippen LogP contribution in [0, 0.1) is 0 Å². The van der Waals surface area contributed by atoms with E-state index >= 15 is 0 Å². The molecule has 0 unspecified atom stereocenters. The summed E-state index contributed by atoms with van der Waals surface area (Å²) in [4.78, 5) is 0.890. The van der Waals surface area contributed by atoms with Gasteiger partial charge in [-0.15, -0.1) is 21.8 Å². The van der Waals surface area contributed by atoms with Crippen LogP contribution in [-0.2, 0) is 11.2 Å². The van der Waals surface area contributed by atoms with Gasteiger partial charge in [-0.2, -0.15) is 9.61 Å². The van der Waals surface area contributed by atoms with Gasteiger partial charge in [0.25, 0.3) is 0 Å². The summed E-state index contributed by atoms with van der Waals surface area (Å²) in [6, 6.07) is 0. The summed E-state index contributed by atoms with van der Waals surface area (Å²) in [6.07, 6.45) is 3.90. The molecule has 0 bridgehead atoms. The van der Waals surface area contributed by atoms with E-state index in [1.165, 1.54) is 0 Å². The number of aromatic nitrogens is 4. The van der Waals surface area contributed by atoms with Gasteiger partial charge in [0.2, 0.25) is 4.96 Å². The molecule has 2 aromatic rings. The lowest BCUT2D eigenvalue weighted by Gasteiger charge is -2.19. The average Bonchev–Trinajstić information content (AvgIpc) is 2.96. The summed E-state index contributed by atoms with van der Waals surface area (Å²) in [6.45, 7) is 1.62. The monoisotopic (exact) mass is 286 g/mol. The summed E-state index contributed by atoms with van der Waals surface area (Å²) < 4.78 is 7.29. The van der Waals surface area contributed by atoms with Crippen molar-refractivity contribution in [2.24, 2.45) is 0 Å². The van der Waals surface area contributed by atoms with E-state index in [2.05, 4.69) is 15.3 Å². The maximum Gasteiger partial charge on any atom is 0.234 e. The molecule has 0 radical (unpaired) electrons. The first-order valence-corrected chi connectivity index (χ1v) is 7.58. The molecule has 3 rings (SSSR count). The van der Waals surface area contributed by atoms with E-state index in [1.807, 2.05) is 4.52 Å². The number of rotatable bonds is 4. The zero-order chi connectivity index (χ0) is 12.4. The zero-order valence-electron chi connectivity index (χ0n) is 10.0. The van der Waals surface area contributed by atoms with Crippen LogP contribution >= 0.6 is 22.9 Å². The topological polar surface area (TPSA) is 52.3 Å². The Morgan fingerprint density at radius 2 is 2.17 bits per heavy atom. The molecule has 0 atom stereocenters. The Labute approximate surface area is 114 Å². The minimum atomic E-state index is 0.428. The second-order valence-corrected chi connectivity index (χ2v) is 5.85. The largest absolute Gasteiger partial charge is 0.381 e. The van der Waals surface area contributed by atoms with Crippen LogP contribution < -0.4 is 0 Å². The Morgan fingerprint density at radius 3 is 2.94 bits per heavy atom. The molecule has 0 spiro atoms. The Balaban J connectivity index is 1.85. The highest BCUT2D eigenvalue weighted by atomic mass is 35.5. The Bertz CT molecular complexity index is 520. The fraction of sp³-hybridized carbons (Fsp3) is 0.727. The maximum atomic E-state index is 5.71. The van der Waals surface area contributed by atoms with Gasteiger partial charge in [0, 0.05) is 31.4 Å². The SMILES string of the molecule is ClCCCc1nn2c(C3CCOCC3)nnc2s1. The van der Waals surface area contributed by atoms with E-state index in [0.29, 0.717) is 11.8 Å². The van der Waals surface area contributed by atoms with Crippen LogP contribution in [0.1, 0.15) is 36.0 Å². The third-order valence-electron chi connectivity index (χ3n) is 3.17. The molecular formula is C11H15ClN4OS. The highest BCUT2D eigenvalue weighted by Gasteiger charge is 2.23. The summed E-state index contributed by atoms with van der Waals surface area (Å²) in [5.74, 6) is 2.09. The molecule has 2 aromatic heterocycles. The van der Waals surface area contributed by atoms with Crippen LogP contribution in [0.25, 0.3) is 4.96 Å². The van der Waals surface area contributed by atoms with Crippen LogP contribution in [0.4, 0.5) is 0 Å². The lowest BCUT2D eigenvalue weighted by atomic mass is 10.00. The van der Waals surface area contributed by atoms with E-state index in [9.17, 15) is 0 Å². The van der Waals surface area contributed by atoms with Gasteiger partial charge in [0.05, 0.1) is 0 Å². The molecule has 1 aliphatic rings. The van der Waals surface area contributed by atoms with E-state index < -0.39 is 0 Å². The van der Waals surface area contributed by atoms with Gasteiger partial charge in [-0.05, 0) is 19.3 Å². The second-order valence-electron chi connectivity index (χ2n) is 4.43. The molecule has 0 aliphatic carbocycles. The van der Waals surface area contributed by atoms with Crippen molar-refractivity contribution in [2.45, 2.75) is 31.6 Å². The van der Waals surface area contributed by atoms with Gasteiger partial charge in [0.1, 0.15) is 5.01 Å². The minimum absolute atomic E-state index is 0.428. The standard InChI is InChI=1S/C11H15ClN4OS/c12-5-1-2-9-15-16-10(13-14-11(16)18-9)8-3-6-17-7-4-8/h8H,1-7H2. The van der Waals surface area contributed by atoms with Crippen LogP contribution in [0.5, 0.6) is 0 Å². The van der Waals surface area contributed by atoms with Crippen molar-refractivity contribution in [3.05, 3.63) is 10.8 Å². The molecule has 98 valence electrons. The Morgan fingerprint density at radius 1 is 1.33 bits per heavy atom. The van der Waals surface area contributed by atoms with Crippen molar-refractivity contribution in [1.29, 1.82) is 0 Å². The number of fused-ring (bicyclic) bond motifs is 1. The number of nitrogens with zero attached hydrogens (tertiary/aromatic N) is 4. The molecule has 1 aliphatic heterocycles. The predicted molar refractivity (Wildman–Crippen MR) is 70.5 cm³/mol. The first-order chi connectivity index (χ1) is 8.88. The smallest absolute Gasteiger partial charge is 0.234 e. The van der Waals surface area contributed by atoms with Crippen molar-refractivity contribution in [1.82, 2.24) is 19.8 Å². The number of ether oxygens (including phenoxy) is 1. The van der Waals surface area contributed by atoms with Crippen LogP contribution in [0.2, 0.25) is 0 Å². The van der Waals surface area contributed by atoms with Crippen LogP contribution in [-0.4, -0.2) is 38.9 Å². The lowest BCUT2D eigenvalue weighted by Crippen LogP contribution is -2.16. The van der Waals surface area contributed by atoms with Gasteiger partial charge in [-0.3, -0.25) is 0 Å². The summed E-state index contributed by atoms with van der Waals surface area (Å²) in [7, 11) is 0. The number of alkyl halides is 1. The molecule has 5 nitrogen and oxygen atoms in total. The molecular weight excluding hydrogens is 272 g/mol. The first-order valence-electron chi connectivity index (χ1n) is 6.23. The average molecular weight is 287 g/mol. The zero-order valence-corrected chi connectivity index (χ0v) is 11.6. The Hall–Kier alpha value is -0.720. The van der Waals surface area contributed by atoms with Crippen molar-refractivity contribution >= 4 is 27.9 Å². The molecule has 1 fully saturated rings. The molecule has 0 amide bonds. The lowest BCUT2D eigenvalue weighted by molar-refractivity contribution is 0.0831. The van der Waals surface area contributed by atoms with E-state index in [4.69, 9.17) is 16.3 Å². The molecule has 0 saturated carbocycles. The predicted octanol–water partition coefficient (Wildman–Crippen LogP) is 2.25. The number of hydrogen-bond donors (Lipinski definition) is 0. The maximum absolute atomic E-state index is 5.71. The third kappa shape index (κ3) is 2.37. The molecule has 7 heteroatoms. The quantitative estimate of drug-likeness (QED) is 0.809. The van der Waals surface area contributed by atoms with Crippen molar-refractivity contribution in [3.8, 4) is 0 Å². The highest BCUT2D eigenvalue weighted by molar-refractivity contribution is 7.16. The van der Waals surface area contributed by atoms with Crippen molar-refractivity contribution in [3.63, 3.8) is 0 Å². The fourth-order valence-corrected chi connectivity index (χ4v) is 3.22. The highest BCUT2D eigenvalue weighted by Crippen LogP contribution is 2.27. The Kier molecular flexibility index (Phi) is 3.77. The normalized spacial score (nSPS) is 17.6. The third-order valence-corrected chi connectivity index (χ3v) is 4.39. The van der Waals surface area contributed by atoms with Crippen molar-refractivity contribution in [2.75, 3.05) is 19.1 Å². The first kappa shape index (κ1) is 12.3. The summed E-state index contributed by atoms with van der Waals surface area (Å²) in [5.41, 5.74) is 0. The van der Waals surface area contributed by atoms with Crippen LogP contribution in [0.15, 0.2) is 0 Å². The van der Waals surface area contributed by atoms with E-state index in [0.717, 1.165) is 54.7 Å². The van der Waals surface area contributed by atoms with Gasteiger partial charge in [-0.1, -0.05) is 11.3 Å². The molecule has 18 heavy (non-hydrogen) atoms. The summed E-state index contributed by atoms with van der Waals surface area (Å²) >= 11 is 7.32. The number of hydrogen-bond acceptors (Lipinski definition) is 5. The molecule has 0 N–H and O–H groups in total. The molecule has 1 saturated heterocycles. The minimum Gasteiger partial charge on any atom is -0.381 e. The van der Waals surface area contributed by atoms with Gasteiger partial charge >= 0.3 is 0 Å². The van der Waals surface area contributed by atoms with Crippen LogP contribution in [0.3, 0.4) is 0 Å². The van der Waals surface area contributed by atoms with E-state index in [1.54, 1.807) is 11.3 Å². The van der Waals surface area contributed by atoms with Gasteiger partial charge in [-0.25, -0.2) is 0 Å². The molecule has 3 heterocycles. The van der Waals surface area contributed by atoms with Gasteiger partial charge in [0.15, 0.2) is 5.82 Å². The van der Waals surface area contributed by atoms with Crippen molar-refractivity contribution < 1.29 is 4.74 Å². The number of aryl methyl sites for hydroxylation is 1. The fourth-order valence-electron chi connectivity index (χ4n) is 2.20. The molecule has 0 aromatic carbocycles. The summed E-state index contributed by atoms with van der Waals surface area (Å²) in [5, 5.41) is 14.2.